The zero-order valence-electron chi connectivity index (χ0n) is 15.9. The fourth-order valence-electron chi connectivity index (χ4n) is 4.75. The van der Waals surface area contributed by atoms with E-state index in [4.69, 9.17) is 32.7 Å². The predicted octanol–water partition coefficient (Wildman–Crippen LogP) is 4.34. The van der Waals surface area contributed by atoms with E-state index in [9.17, 15) is 9.59 Å². The van der Waals surface area contributed by atoms with Crippen molar-refractivity contribution in [2.24, 2.45) is 10.8 Å². The van der Waals surface area contributed by atoms with E-state index in [1.807, 2.05) is 4.90 Å². The Morgan fingerprint density at radius 2 is 1.93 bits per heavy atom. The lowest BCUT2D eigenvalue weighted by atomic mass is 9.65. The van der Waals surface area contributed by atoms with Gasteiger partial charge in [-0.25, -0.2) is 4.79 Å². The minimum absolute atomic E-state index is 0.140. The monoisotopic (exact) mass is 413 g/mol. The van der Waals surface area contributed by atoms with Crippen LogP contribution >= 0.6 is 23.2 Å². The van der Waals surface area contributed by atoms with Crippen molar-refractivity contribution >= 4 is 35.1 Å². The zero-order valence-corrected chi connectivity index (χ0v) is 17.4. The number of nitrogens with zero attached hydrogens (tertiary/aromatic N) is 1. The number of hydrogen-bond acceptors (Lipinski definition) is 4. The first kappa shape index (κ1) is 20.3. The second-order valence-corrected chi connectivity index (χ2v) is 9.60. The molecule has 1 saturated carbocycles. The van der Waals surface area contributed by atoms with Gasteiger partial charge in [-0.1, -0.05) is 44.0 Å². The van der Waals surface area contributed by atoms with Crippen LogP contribution in [0.15, 0.2) is 18.2 Å². The summed E-state index contributed by atoms with van der Waals surface area (Å²) in [4.78, 5) is 26.4. The first-order valence-electron chi connectivity index (χ1n) is 9.10. The first-order valence-corrected chi connectivity index (χ1v) is 9.86. The molecule has 0 aromatic heterocycles. The van der Waals surface area contributed by atoms with Crippen molar-refractivity contribution in [3.63, 3.8) is 0 Å². The molecule has 2 aliphatic rings. The molecule has 3 rings (SSSR count). The molecule has 2 fully saturated rings. The number of halogens is 2. The number of rotatable bonds is 5. The fourth-order valence-corrected chi connectivity index (χ4v) is 5.21. The molecule has 1 aromatic rings. The van der Waals surface area contributed by atoms with Gasteiger partial charge in [-0.3, -0.25) is 4.79 Å². The maximum atomic E-state index is 12.6. The van der Waals surface area contributed by atoms with E-state index in [2.05, 4.69) is 20.8 Å². The molecule has 0 unspecified atom stereocenters. The van der Waals surface area contributed by atoms with Gasteiger partial charge in [0.1, 0.15) is 5.75 Å². The van der Waals surface area contributed by atoms with E-state index < -0.39 is 5.97 Å². The third-order valence-electron chi connectivity index (χ3n) is 5.33. The zero-order chi connectivity index (χ0) is 19.8. The van der Waals surface area contributed by atoms with Gasteiger partial charge < -0.3 is 14.4 Å². The van der Waals surface area contributed by atoms with Crippen LogP contribution in [0, 0.1) is 10.8 Å². The summed E-state index contributed by atoms with van der Waals surface area (Å²) in [6, 6.07) is 4.95. The Balaban J connectivity index is 1.48. The normalized spacial score (nSPS) is 26.0. The van der Waals surface area contributed by atoms with Crippen LogP contribution in [-0.4, -0.2) is 42.6 Å². The van der Waals surface area contributed by atoms with Gasteiger partial charge in [-0.05, 0) is 48.3 Å². The van der Waals surface area contributed by atoms with Crippen molar-refractivity contribution in [3.8, 4) is 5.75 Å². The van der Waals surface area contributed by atoms with Crippen molar-refractivity contribution in [2.45, 2.75) is 46.1 Å². The van der Waals surface area contributed by atoms with Crippen LogP contribution in [-0.2, 0) is 14.3 Å². The molecule has 0 N–H and O–H groups in total. The van der Waals surface area contributed by atoms with E-state index in [1.165, 1.54) is 6.07 Å². The van der Waals surface area contributed by atoms with E-state index in [-0.39, 0.29) is 36.0 Å². The smallest absolute Gasteiger partial charge is 0.344 e. The molecule has 2 atom stereocenters. The van der Waals surface area contributed by atoms with E-state index in [0.29, 0.717) is 15.8 Å². The standard InChI is InChI=1S/C20H25Cl2NO4/c1-19(2)7-14-8-20(3,11-19)12-23(14)17(24)9-27-18(25)10-26-16-5-4-13(21)6-15(16)22/h4-6,14H,7-12H2,1-3H3/t14-,20-/m1/s1. The summed E-state index contributed by atoms with van der Waals surface area (Å²) in [5.41, 5.74) is 0.385. The number of esters is 1. The maximum Gasteiger partial charge on any atom is 0.344 e. The topological polar surface area (TPSA) is 55.8 Å². The number of ether oxygens (including phenoxy) is 2. The first-order chi connectivity index (χ1) is 12.6. The molecule has 5 nitrogen and oxygen atoms in total. The molecule has 148 valence electrons. The molecule has 1 aliphatic heterocycles. The van der Waals surface area contributed by atoms with Crippen molar-refractivity contribution < 1.29 is 19.1 Å². The third-order valence-corrected chi connectivity index (χ3v) is 5.86. The van der Waals surface area contributed by atoms with Crippen LogP contribution in [0.25, 0.3) is 0 Å². The molecule has 2 bridgehead atoms. The minimum atomic E-state index is -0.608. The Hall–Kier alpha value is -1.46. The van der Waals surface area contributed by atoms with Crippen LogP contribution < -0.4 is 4.74 Å². The summed E-state index contributed by atoms with van der Waals surface area (Å²) in [6.07, 6.45) is 3.12. The SMILES string of the molecule is CC1(C)C[C@@H]2C[C@@](C)(CN2C(=O)COC(=O)COc2ccc(Cl)cc2Cl)C1. The third kappa shape index (κ3) is 4.88. The number of benzene rings is 1. The summed E-state index contributed by atoms with van der Waals surface area (Å²) in [5.74, 6) is -0.407. The molecule has 0 radical (unpaired) electrons. The summed E-state index contributed by atoms with van der Waals surface area (Å²) < 4.78 is 10.4. The lowest BCUT2D eigenvalue weighted by Crippen LogP contribution is -2.40. The average Bonchev–Trinajstić information content (AvgIpc) is 2.80. The highest BCUT2D eigenvalue weighted by molar-refractivity contribution is 6.35. The predicted molar refractivity (Wildman–Crippen MR) is 104 cm³/mol. The molecule has 0 spiro atoms. The summed E-state index contributed by atoms with van der Waals surface area (Å²) >= 11 is 11.8. The molecule has 27 heavy (non-hydrogen) atoms. The van der Waals surface area contributed by atoms with Gasteiger partial charge >= 0.3 is 5.97 Å². The number of likely N-dealkylation sites (tertiary alicyclic amines) is 1. The molecule has 1 amide bonds. The van der Waals surface area contributed by atoms with Gasteiger partial charge in [-0.15, -0.1) is 0 Å². The van der Waals surface area contributed by atoms with Crippen molar-refractivity contribution in [1.82, 2.24) is 4.90 Å². The quantitative estimate of drug-likeness (QED) is 0.673. The second-order valence-electron chi connectivity index (χ2n) is 8.76. The molecule has 1 heterocycles. The highest BCUT2D eigenvalue weighted by Crippen LogP contribution is 2.52. The van der Waals surface area contributed by atoms with Crippen molar-refractivity contribution in [3.05, 3.63) is 28.2 Å². The molecular formula is C20H25Cl2NO4. The number of carbonyl (C=O) groups is 2. The van der Waals surface area contributed by atoms with Crippen LogP contribution in [0.3, 0.4) is 0 Å². The molecule has 1 aromatic carbocycles. The Labute approximate surface area is 169 Å². The van der Waals surface area contributed by atoms with Crippen LogP contribution in [0.2, 0.25) is 10.0 Å². The highest BCUT2D eigenvalue weighted by Gasteiger charge is 2.50. The maximum absolute atomic E-state index is 12.6. The van der Waals surface area contributed by atoms with Crippen molar-refractivity contribution in [1.29, 1.82) is 0 Å². The van der Waals surface area contributed by atoms with Crippen LogP contribution in [0.4, 0.5) is 0 Å². The second kappa shape index (κ2) is 7.51. The van der Waals surface area contributed by atoms with Crippen molar-refractivity contribution in [2.75, 3.05) is 19.8 Å². The molecule has 1 saturated heterocycles. The number of fused-ring (bicyclic) bond motifs is 2. The van der Waals surface area contributed by atoms with Crippen LogP contribution in [0.5, 0.6) is 5.75 Å². The summed E-state index contributed by atoms with van der Waals surface area (Å²) in [5, 5.41) is 0.791. The van der Waals surface area contributed by atoms with Crippen LogP contribution in [0.1, 0.15) is 40.0 Å². The Bertz CT molecular complexity index is 751. The lowest BCUT2D eigenvalue weighted by molar-refractivity contribution is -0.154. The Morgan fingerprint density at radius 3 is 2.63 bits per heavy atom. The number of carbonyl (C=O) groups excluding carboxylic acids is 2. The summed E-state index contributed by atoms with van der Waals surface area (Å²) in [6.45, 7) is 6.90. The average molecular weight is 414 g/mol. The van der Waals surface area contributed by atoms with Gasteiger partial charge in [0.2, 0.25) is 0 Å². The van der Waals surface area contributed by atoms with Gasteiger partial charge in [0.05, 0.1) is 5.02 Å². The van der Waals surface area contributed by atoms with Gasteiger partial charge in [0.25, 0.3) is 5.91 Å². The molecule has 1 aliphatic carbocycles. The van der Waals surface area contributed by atoms with E-state index in [0.717, 1.165) is 25.8 Å². The Morgan fingerprint density at radius 1 is 1.19 bits per heavy atom. The summed E-state index contributed by atoms with van der Waals surface area (Å²) in [7, 11) is 0. The van der Waals surface area contributed by atoms with E-state index >= 15 is 0 Å². The Kier molecular flexibility index (Phi) is 5.64. The lowest BCUT2D eigenvalue weighted by Gasteiger charge is -2.39. The van der Waals surface area contributed by atoms with E-state index in [1.54, 1.807) is 12.1 Å². The number of amides is 1. The number of hydrogen-bond donors (Lipinski definition) is 0. The molecular weight excluding hydrogens is 389 g/mol. The largest absolute Gasteiger partial charge is 0.480 e. The van der Waals surface area contributed by atoms with Gasteiger partial charge in [-0.2, -0.15) is 0 Å². The highest BCUT2D eigenvalue weighted by atomic mass is 35.5. The van der Waals surface area contributed by atoms with Gasteiger partial charge in [0, 0.05) is 17.6 Å². The van der Waals surface area contributed by atoms with Gasteiger partial charge in [0.15, 0.2) is 13.2 Å². The minimum Gasteiger partial charge on any atom is -0.480 e. The molecule has 7 heteroatoms. The fraction of sp³-hybridized carbons (Fsp3) is 0.600.